The molecule has 0 radical (unpaired) electrons. The average Bonchev–Trinajstić information content (AvgIpc) is 3.22. The van der Waals surface area contributed by atoms with E-state index >= 15 is 0 Å². The number of rotatable bonds is 7. The molecule has 198 valence electrons. The topological polar surface area (TPSA) is 123 Å². The molecule has 0 atom stereocenters. The number of ether oxygens (including phenoxy) is 1. The van der Waals surface area contributed by atoms with Gasteiger partial charge in [0.15, 0.2) is 12.4 Å². The van der Waals surface area contributed by atoms with Gasteiger partial charge in [0.25, 0.3) is 11.8 Å². The van der Waals surface area contributed by atoms with Gasteiger partial charge in [-0.05, 0) is 41.5 Å². The highest BCUT2D eigenvalue weighted by molar-refractivity contribution is 6.10. The number of anilines is 3. The highest BCUT2D eigenvalue weighted by Gasteiger charge is 2.38. The van der Waals surface area contributed by atoms with Crippen LogP contribution in [0.15, 0.2) is 79.4 Å². The van der Waals surface area contributed by atoms with Crippen LogP contribution in [-0.2, 0) is 12.0 Å². The number of fused-ring (bicyclic) bond motifs is 1. The molecule has 2 amide bonds. The van der Waals surface area contributed by atoms with E-state index < -0.39 is 0 Å². The smallest absolute Gasteiger partial charge is 0.259 e. The quantitative estimate of drug-likeness (QED) is 0.277. The predicted molar refractivity (Wildman–Crippen MR) is 147 cm³/mol. The molecule has 0 unspecified atom stereocenters. The second kappa shape index (κ2) is 10.4. The molecule has 0 saturated carbocycles. The van der Waals surface area contributed by atoms with Gasteiger partial charge in [0.1, 0.15) is 5.82 Å². The third kappa shape index (κ3) is 5.35. The minimum Gasteiger partial charge on any atom is -0.619 e. The molecule has 0 saturated heterocycles. The minimum atomic E-state index is -0.337. The summed E-state index contributed by atoms with van der Waals surface area (Å²) in [6.45, 7) is 5.04. The maximum atomic E-state index is 13.3. The number of carbonyl (C=O) groups excluding carboxylic acids is 2. The Hall–Kier alpha value is -4.99. The van der Waals surface area contributed by atoms with Crippen molar-refractivity contribution in [3.05, 3.63) is 107 Å². The Balaban J connectivity index is 1.36. The van der Waals surface area contributed by atoms with Crippen LogP contribution >= 0.6 is 0 Å². The number of benzene rings is 1. The van der Waals surface area contributed by atoms with E-state index in [2.05, 4.69) is 34.4 Å². The number of hydrogen-bond donors (Lipinski definition) is 2. The summed E-state index contributed by atoms with van der Waals surface area (Å²) in [4.78, 5) is 36.8. The second-order valence-electron chi connectivity index (χ2n) is 9.87. The average molecular weight is 525 g/mol. The van der Waals surface area contributed by atoms with Crippen molar-refractivity contribution < 1.29 is 19.1 Å². The summed E-state index contributed by atoms with van der Waals surface area (Å²) in [6, 6.07) is 15.7. The zero-order chi connectivity index (χ0) is 27.6. The predicted octanol–water partition coefficient (Wildman–Crippen LogP) is 3.92. The summed E-state index contributed by atoms with van der Waals surface area (Å²) in [6.07, 6.45) is 5.88. The number of aromatic nitrogens is 3. The van der Waals surface area contributed by atoms with Gasteiger partial charge in [-0.3, -0.25) is 9.59 Å². The second-order valence-corrected chi connectivity index (χ2v) is 9.87. The van der Waals surface area contributed by atoms with E-state index in [0.717, 1.165) is 16.8 Å². The van der Waals surface area contributed by atoms with Crippen LogP contribution < -0.4 is 25.0 Å². The number of nitrogens with one attached hydrogen (secondary N) is 2. The molecule has 5 rings (SSSR count). The maximum absolute atomic E-state index is 13.3. The molecule has 1 aromatic carbocycles. The first-order chi connectivity index (χ1) is 18.7. The van der Waals surface area contributed by atoms with E-state index in [1.807, 2.05) is 30.3 Å². The van der Waals surface area contributed by atoms with Crippen LogP contribution in [0.3, 0.4) is 0 Å². The number of methoxy groups -OCH3 is 1. The zero-order valence-electron chi connectivity index (χ0n) is 21.8. The molecular weight excluding hydrogens is 496 g/mol. The zero-order valence-corrected chi connectivity index (χ0v) is 21.8. The molecule has 1 aliphatic rings. The van der Waals surface area contributed by atoms with Crippen molar-refractivity contribution in [1.29, 1.82) is 0 Å². The van der Waals surface area contributed by atoms with Crippen molar-refractivity contribution in [2.24, 2.45) is 0 Å². The Morgan fingerprint density at radius 1 is 1.08 bits per heavy atom. The van der Waals surface area contributed by atoms with Crippen molar-refractivity contribution in [1.82, 2.24) is 9.97 Å². The minimum absolute atomic E-state index is 0.211. The van der Waals surface area contributed by atoms with Gasteiger partial charge in [0.2, 0.25) is 5.88 Å². The van der Waals surface area contributed by atoms with Gasteiger partial charge in [-0.25, -0.2) is 9.97 Å². The molecule has 1 aliphatic heterocycles. The van der Waals surface area contributed by atoms with Crippen LogP contribution in [0.2, 0.25) is 0 Å². The van der Waals surface area contributed by atoms with Crippen molar-refractivity contribution in [2.45, 2.75) is 25.8 Å². The summed E-state index contributed by atoms with van der Waals surface area (Å²) in [7, 11) is 1.56. The van der Waals surface area contributed by atoms with E-state index in [0.29, 0.717) is 46.3 Å². The fourth-order valence-electron chi connectivity index (χ4n) is 4.65. The molecule has 0 fully saturated rings. The monoisotopic (exact) mass is 524 g/mol. The van der Waals surface area contributed by atoms with Gasteiger partial charge in [-0.2, -0.15) is 4.73 Å². The van der Waals surface area contributed by atoms with Gasteiger partial charge in [-0.15, -0.1) is 0 Å². The van der Waals surface area contributed by atoms with Gasteiger partial charge >= 0.3 is 0 Å². The normalized spacial score (nSPS) is 13.5. The van der Waals surface area contributed by atoms with E-state index in [4.69, 9.17) is 4.74 Å². The largest absolute Gasteiger partial charge is 0.619 e. The molecule has 2 N–H and O–H groups in total. The van der Waals surface area contributed by atoms with E-state index in [1.54, 1.807) is 36.5 Å². The van der Waals surface area contributed by atoms with Crippen molar-refractivity contribution in [3.63, 3.8) is 0 Å². The first-order valence-corrected chi connectivity index (χ1v) is 12.4. The van der Waals surface area contributed by atoms with Crippen LogP contribution in [0.25, 0.3) is 0 Å². The first kappa shape index (κ1) is 25.7. The Bertz CT molecular complexity index is 1540. The molecule has 10 nitrogen and oxygen atoms in total. The van der Waals surface area contributed by atoms with Gasteiger partial charge in [0, 0.05) is 60.5 Å². The molecule has 0 spiro atoms. The summed E-state index contributed by atoms with van der Waals surface area (Å²) in [5.74, 6) is 0.389. The van der Waals surface area contributed by atoms with E-state index in [1.165, 1.54) is 24.5 Å². The number of amides is 2. The molecule has 0 bridgehead atoms. The molecule has 10 heteroatoms. The maximum Gasteiger partial charge on any atom is 0.259 e. The third-order valence-corrected chi connectivity index (χ3v) is 6.64. The molecule has 39 heavy (non-hydrogen) atoms. The van der Waals surface area contributed by atoms with Crippen LogP contribution in [-0.4, -0.2) is 35.4 Å². The Morgan fingerprint density at radius 3 is 2.64 bits per heavy atom. The van der Waals surface area contributed by atoms with Crippen LogP contribution in [0, 0.1) is 5.21 Å². The molecule has 3 aromatic heterocycles. The highest BCUT2D eigenvalue weighted by atomic mass is 16.5. The van der Waals surface area contributed by atoms with Gasteiger partial charge in [-0.1, -0.05) is 19.9 Å². The Morgan fingerprint density at radius 2 is 1.87 bits per heavy atom. The molecule has 4 heterocycles. The number of hydrogen-bond acceptors (Lipinski definition) is 7. The van der Waals surface area contributed by atoms with E-state index in [9.17, 15) is 14.8 Å². The van der Waals surface area contributed by atoms with Crippen molar-refractivity contribution >= 4 is 29.0 Å². The number of carbonyl (C=O) groups is 2. The molecule has 4 aromatic rings. The lowest BCUT2D eigenvalue weighted by Gasteiger charge is -2.20. The van der Waals surface area contributed by atoms with Crippen molar-refractivity contribution in [3.8, 4) is 5.88 Å². The first-order valence-electron chi connectivity index (χ1n) is 12.4. The van der Waals surface area contributed by atoms with E-state index in [-0.39, 0.29) is 17.2 Å². The lowest BCUT2D eigenvalue weighted by Crippen LogP contribution is -2.34. The third-order valence-electron chi connectivity index (χ3n) is 6.64. The fraction of sp³-hybridized carbons (Fsp3) is 0.207. The van der Waals surface area contributed by atoms with Crippen LogP contribution in [0.4, 0.5) is 17.2 Å². The standard InChI is InChI=1S/C29H28N6O4/c1-29(2)18-35(28(37)20-9-13-34(38)14-10-20)24-16-21(6-7-23(24)29)33-27(36)22-5-4-11-31-26(22)32-17-19-8-12-30-25(15-19)39-3/h4-16H,17-18H2,1-3H3,(H,31,32)(H,33,36). The number of pyridine rings is 3. The molecule has 0 aliphatic carbocycles. The summed E-state index contributed by atoms with van der Waals surface area (Å²) in [5.41, 5.74) is 3.71. The number of nitrogens with zero attached hydrogens (tertiary/aromatic N) is 4. The summed E-state index contributed by atoms with van der Waals surface area (Å²) in [5, 5.41) is 17.6. The summed E-state index contributed by atoms with van der Waals surface area (Å²) < 4.78 is 5.82. The lowest BCUT2D eigenvalue weighted by molar-refractivity contribution is -0.605. The highest BCUT2D eigenvalue weighted by Crippen LogP contribution is 2.42. The molecular formula is C29H28N6O4. The van der Waals surface area contributed by atoms with Crippen LogP contribution in [0.5, 0.6) is 5.88 Å². The fourth-order valence-corrected chi connectivity index (χ4v) is 4.65. The summed E-state index contributed by atoms with van der Waals surface area (Å²) >= 11 is 0. The van der Waals surface area contributed by atoms with Gasteiger partial charge in [0.05, 0.1) is 18.2 Å². The lowest BCUT2D eigenvalue weighted by atomic mass is 9.87. The van der Waals surface area contributed by atoms with Crippen molar-refractivity contribution in [2.75, 3.05) is 29.2 Å². The SMILES string of the molecule is COc1cc(CNc2ncccc2C(=O)Nc2ccc3c(c2)N(C(=O)c2cc[n+]([O-])cc2)CC3(C)C)ccn1. The Kier molecular flexibility index (Phi) is 6.84. The van der Waals surface area contributed by atoms with Crippen LogP contribution in [0.1, 0.15) is 45.7 Å². The van der Waals surface area contributed by atoms with Gasteiger partial charge < -0.3 is 25.5 Å². The Labute approximate surface area is 225 Å².